The number of nitrogens with zero attached hydrogens (tertiary/aromatic N) is 2. The summed E-state index contributed by atoms with van der Waals surface area (Å²) in [5.41, 5.74) is 0.743. The van der Waals surface area contributed by atoms with E-state index in [-0.39, 0.29) is 17.9 Å². The molecule has 1 atom stereocenters. The van der Waals surface area contributed by atoms with Gasteiger partial charge in [-0.05, 0) is 50.2 Å². The van der Waals surface area contributed by atoms with Crippen molar-refractivity contribution in [2.75, 3.05) is 26.2 Å². The summed E-state index contributed by atoms with van der Waals surface area (Å²) in [6, 6.07) is 3.77. The van der Waals surface area contributed by atoms with Gasteiger partial charge in [0.15, 0.2) is 0 Å². The SMILES string of the molecule is Cn1cccc1C(=O)N1CCC(CCC(=O)NCC2CCCO2)CC1. The van der Waals surface area contributed by atoms with Crippen molar-refractivity contribution in [3.05, 3.63) is 24.0 Å². The smallest absolute Gasteiger partial charge is 0.270 e. The van der Waals surface area contributed by atoms with E-state index in [4.69, 9.17) is 4.74 Å². The summed E-state index contributed by atoms with van der Waals surface area (Å²) < 4.78 is 7.39. The maximum atomic E-state index is 12.5. The van der Waals surface area contributed by atoms with Crippen LogP contribution in [0.3, 0.4) is 0 Å². The van der Waals surface area contributed by atoms with Crippen LogP contribution in [0.5, 0.6) is 0 Å². The predicted octanol–water partition coefficient (Wildman–Crippen LogP) is 1.95. The number of carbonyl (C=O) groups excluding carboxylic acids is 2. The number of aryl methyl sites for hydroxylation is 1. The number of piperidine rings is 1. The Bertz CT molecular complexity index is 584. The number of hydrogen-bond acceptors (Lipinski definition) is 3. The monoisotopic (exact) mass is 347 g/mol. The predicted molar refractivity (Wildman–Crippen MR) is 95.3 cm³/mol. The van der Waals surface area contributed by atoms with Crippen LogP contribution in [0.4, 0.5) is 0 Å². The van der Waals surface area contributed by atoms with Gasteiger partial charge >= 0.3 is 0 Å². The minimum atomic E-state index is 0.111. The third-order valence-corrected chi connectivity index (χ3v) is 5.40. The van der Waals surface area contributed by atoms with Crippen molar-refractivity contribution in [3.63, 3.8) is 0 Å². The first-order valence-electron chi connectivity index (χ1n) is 9.42. The van der Waals surface area contributed by atoms with E-state index in [9.17, 15) is 9.59 Å². The van der Waals surface area contributed by atoms with E-state index in [2.05, 4.69) is 5.32 Å². The molecule has 0 radical (unpaired) electrons. The van der Waals surface area contributed by atoms with Crippen LogP contribution in [-0.4, -0.2) is 53.6 Å². The Balaban J connectivity index is 1.34. The number of amides is 2. The van der Waals surface area contributed by atoms with Gasteiger partial charge in [-0.3, -0.25) is 9.59 Å². The van der Waals surface area contributed by atoms with E-state index < -0.39 is 0 Å². The zero-order valence-electron chi connectivity index (χ0n) is 15.1. The van der Waals surface area contributed by atoms with Gasteiger partial charge < -0.3 is 19.5 Å². The molecule has 2 saturated heterocycles. The van der Waals surface area contributed by atoms with E-state index >= 15 is 0 Å². The quantitative estimate of drug-likeness (QED) is 0.855. The maximum Gasteiger partial charge on any atom is 0.270 e. The van der Waals surface area contributed by atoms with Gasteiger partial charge in [0.25, 0.3) is 5.91 Å². The van der Waals surface area contributed by atoms with Crippen molar-refractivity contribution in [3.8, 4) is 0 Å². The van der Waals surface area contributed by atoms with Crippen LogP contribution in [0.15, 0.2) is 18.3 Å². The van der Waals surface area contributed by atoms with Crippen molar-refractivity contribution >= 4 is 11.8 Å². The lowest BCUT2D eigenvalue weighted by atomic mass is 9.92. The second kappa shape index (κ2) is 8.52. The highest BCUT2D eigenvalue weighted by Crippen LogP contribution is 2.23. The van der Waals surface area contributed by atoms with Crippen LogP contribution in [0.2, 0.25) is 0 Å². The minimum Gasteiger partial charge on any atom is -0.376 e. The molecule has 2 aliphatic rings. The van der Waals surface area contributed by atoms with Crippen LogP contribution < -0.4 is 5.32 Å². The third kappa shape index (κ3) is 4.84. The van der Waals surface area contributed by atoms with Crippen LogP contribution in [0.1, 0.15) is 49.0 Å². The first-order chi connectivity index (χ1) is 12.1. The molecule has 25 heavy (non-hydrogen) atoms. The molecule has 1 aromatic heterocycles. The lowest BCUT2D eigenvalue weighted by molar-refractivity contribution is -0.122. The zero-order valence-corrected chi connectivity index (χ0v) is 15.1. The number of aromatic nitrogens is 1. The highest BCUT2D eigenvalue weighted by atomic mass is 16.5. The second-order valence-corrected chi connectivity index (χ2v) is 7.22. The number of hydrogen-bond donors (Lipinski definition) is 1. The van der Waals surface area contributed by atoms with Crippen molar-refractivity contribution in [2.45, 2.75) is 44.6 Å². The fourth-order valence-electron chi connectivity index (χ4n) is 3.73. The van der Waals surface area contributed by atoms with E-state index in [0.29, 0.717) is 18.9 Å². The zero-order chi connectivity index (χ0) is 17.6. The second-order valence-electron chi connectivity index (χ2n) is 7.22. The van der Waals surface area contributed by atoms with Gasteiger partial charge in [0, 0.05) is 45.9 Å². The van der Waals surface area contributed by atoms with Crippen LogP contribution in [-0.2, 0) is 16.6 Å². The van der Waals surface area contributed by atoms with Gasteiger partial charge in [0.2, 0.25) is 5.91 Å². The molecule has 1 unspecified atom stereocenters. The number of carbonyl (C=O) groups is 2. The molecule has 6 nitrogen and oxygen atoms in total. The van der Waals surface area contributed by atoms with Crippen LogP contribution in [0.25, 0.3) is 0 Å². The van der Waals surface area contributed by atoms with Gasteiger partial charge in [-0.1, -0.05) is 0 Å². The van der Waals surface area contributed by atoms with Gasteiger partial charge in [0.05, 0.1) is 6.10 Å². The molecule has 1 aromatic rings. The standard InChI is InChI=1S/C19H29N3O3/c1-21-10-2-5-17(21)19(24)22-11-8-15(9-12-22)6-7-18(23)20-14-16-4-3-13-25-16/h2,5,10,15-16H,3-4,6-9,11-14H2,1H3,(H,20,23). The summed E-state index contributed by atoms with van der Waals surface area (Å²) in [5.74, 6) is 0.768. The maximum absolute atomic E-state index is 12.5. The number of likely N-dealkylation sites (tertiary alicyclic amines) is 1. The molecule has 138 valence electrons. The van der Waals surface area contributed by atoms with Crippen molar-refractivity contribution in [2.24, 2.45) is 13.0 Å². The molecule has 0 aliphatic carbocycles. The molecule has 0 saturated carbocycles. The summed E-state index contributed by atoms with van der Waals surface area (Å²) in [7, 11) is 1.90. The molecule has 6 heteroatoms. The summed E-state index contributed by atoms with van der Waals surface area (Å²) >= 11 is 0. The normalized spacial score (nSPS) is 21.5. The topological polar surface area (TPSA) is 63.6 Å². The summed E-state index contributed by atoms with van der Waals surface area (Å²) in [6.45, 7) is 3.03. The van der Waals surface area contributed by atoms with Crippen molar-refractivity contribution in [1.82, 2.24) is 14.8 Å². The highest BCUT2D eigenvalue weighted by Gasteiger charge is 2.25. The number of rotatable bonds is 6. The van der Waals surface area contributed by atoms with Gasteiger partial charge in [0.1, 0.15) is 5.69 Å². The molecule has 0 aromatic carbocycles. The molecular weight excluding hydrogens is 318 g/mol. The largest absolute Gasteiger partial charge is 0.376 e. The molecule has 0 bridgehead atoms. The Morgan fingerprint density at radius 1 is 1.28 bits per heavy atom. The first-order valence-corrected chi connectivity index (χ1v) is 9.42. The van der Waals surface area contributed by atoms with E-state index in [1.165, 1.54) is 0 Å². The Kier molecular flexibility index (Phi) is 6.13. The average Bonchev–Trinajstić information content (AvgIpc) is 3.29. The van der Waals surface area contributed by atoms with E-state index in [1.54, 1.807) is 0 Å². The Hall–Kier alpha value is -1.82. The number of ether oxygens (including phenoxy) is 1. The van der Waals surface area contributed by atoms with E-state index in [0.717, 1.165) is 57.5 Å². The molecule has 3 rings (SSSR count). The Labute approximate surface area is 149 Å². The molecule has 3 heterocycles. The third-order valence-electron chi connectivity index (χ3n) is 5.40. The van der Waals surface area contributed by atoms with Gasteiger partial charge in [-0.25, -0.2) is 0 Å². The lowest BCUT2D eigenvalue weighted by Crippen LogP contribution is -2.39. The fourth-order valence-corrected chi connectivity index (χ4v) is 3.73. The van der Waals surface area contributed by atoms with E-state index in [1.807, 2.05) is 34.8 Å². The summed E-state index contributed by atoms with van der Waals surface area (Å²) in [5, 5.41) is 2.98. The van der Waals surface area contributed by atoms with Gasteiger partial charge in [-0.15, -0.1) is 0 Å². The molecule has 1 N–H and O–H groups in total. The Morgan fingerprint density at radius 2 is 2.08 bits per heavy atom. The highest BCUT2D eigenvalue weighted by molar-refractivity contribution is 5.92. The summed E-state index contributed by atoms with van der Waals surface area (Å²) in [6.07, 6.45) is 7.69. The molecule has 2 aliphatic heterocycles. The van der Waals surface area contributed by atoms with Crippen LogP contribution >= 0.6 is 0 Å². The average molecular weight is 347 g/mol. The molecule has 2 amide bonds. The van der Waals surface area contributed by atoms with Gasteiger partial charge in [-0.2, -0.15) is 0 Å². The molecule has 2 fully saturated rings. The Morgan fingerprint density at radius 3 is 2.72 bits per heavy atom. The lowest BCUT2D eigenvalue weighted by Gasteiger charge is -2.32. The number of nitrogens with one attached hydrogen (secondary N) is 1. The van der Waals surface area contributed by atoms with Crippen molar-refractivity contribution < 1.29 is 14.3 Å². The fraction of sp³-hybridized carbons (Fsp3) is 0.684. The molecular formula is C19H29N3O3. The van der Waals surface area contributed by atoms with Crippen molar-refractivity contribution in [1.29, 1.82) is 0 Å². The first kappa shape index (κ1) is 18.0. The summed E-state index contributed by atoms with van der Waals surface area (Å²) in [4.78, 5) is 26.4. The minimum absolute atomic E-state index is 0.111. The van der Waals surface area contributed by atoms with Crippen LogP contribution in [0, 0.1) is 5.92 Å². The molecule has 0 spiro atoms.